The van der Waals surface area contributed by atoms with Gasteiger partial charge in [0, 0.05) is 13.1 Å². The monoisotopic (exact) mass is 181 g/mol. The summed E-state index contributed by atoms with van der Waals surface area (Å²) in [5.41, 5.74) is 0. The van der Waals surface area contributed by atoms with Gasteiger partial charge in [0.05, 0.1) is 0 Å². The van der Waals surface area contributed by atoms with Crippen LogP contribution in [0.3, 0.4) is 0 Å². The van der Waals surface area contributed by atoms with Crippen LogP contribution in [0.15, 0.2) is 0 Å². The molecule has 0 amide bonds. The predicted octanol–water partition coefficient (Wildman–Crippen LogP) is 0.811. The molecule has 0 aromatic carbocycles. The molecule has 1 aliphatic rings. The molecule has 0 spiro atoms. The van der Waals surface area contributed by atoms with E-state index in [1.165, 1.54) is 19.3 Å². The van der Waals surface area contributed by atoms with Crippen LogP contribution in [0, 0.1) is 5.92 Å². The molecule has 72 valence electrons. The first-order valence-corrected chi connectivity index (χ1v) is 4.80. The standard InChI is InChI=1S/C8H15N5/c1-3-4-6-5-7(6)9-8-10-11-12-13(8)2/h6-7H,3-5H2,1-2H3,(H,9,10,12). The van der Waals surface area contributed by atoms with Gasteiger partial charge in [-0.1, -0.05) is 18.4 Å². The van der Waals surface area contributed by atoms with Crippen LogP contribution in [0.25, 0.3) is 0 Å². The molecule has 1 aromatic heterocycles. The van der Waals surface area contributed by atoms with Crippen LogP contribution in [0.5, 0.6) is 0 Å². The zero-order chi connectivity index (χ0) is 9.26. The lowest BCUT2D eigenvalue weighted by Gasteiger charge is -2.01. The molecule has 0 bridgehead atoms. The minimum atomic E-state index is 0.602. The second kappa shape index (κ2) is 3.32. The lowest BCUT2D eigenvalue weighted by atomic mass is 10.2. The van der Waals surface area contributed by atoms with Gasteiger partial charge in [-0.25, -0.2) is 4.68 Å². The molecule has 2 atom stereocenters. The molecule has 0 radical (unpaired) electrons. The third kappa shape index (κ3) is 1.79. The number of hydrogen-bond donors (Lipinski definition) is 1. The Morgan fingerprint density at radius 1 is 1.62 bits per heavy atom. The smallest absolute Gasteiger partial charge is 0.242 e. The molecular formula is C8H15N5. The first-order valence-electron chi connectivity index (χ1n) is 4.80. The van der Waals surface area contributed by atoms with Gasteiger partial charge >= 0.3 is 0 Å². The Bertz CT molecular complexity index is 282. The number of hydrogen-bond acceptors (Lipinski definition) is 4. The van der Waals surface area contributed by atoms with Gasteiger partial charge in [-0.05, 0) is 29.2 Å². The van der Waals surface area contributed by atoms with Crippen molar-refractivity contribution in [3.05, 3.63) is 0 Å². The molecule has 2 rings (SSSR count). The van der Waals surface area contributed by atoms with Crippen LogP contribution < -0.4 is 5.32 Å². The van der Waals surface area contributed by atoms with Crippen molar-refractivity contribution in [3.8, 4) is 0 Å². The van der Waals surface area contributed by atoms with E-state index < -0.39 is 0 Å². The van der Waals surface area contributed by atoms with E-state index in [0.717, 1.165) is 11.9 Å². The summed E-state index contributed by atoms with van der Waals surface area (Å²) in [7, 11) is 1.85. The molecule has 5 heteroatoms. The van der Waals surface area contributed by atoms with Crippen molar-refractivity contribution in [2.45, 2.75) is 32.2 Å². The summed E-state index contributed by atoms with van der Waals surface area (Å²) >= 11 is 0. The van der Waals surface area contributed by atoms with E-state index in [4.69, 9.17) is 0 Å². The van der Waals surface area contributed by atoms with Gasteiger partial charge < -0.3 is 5.32 Å². The van der Waals surface area contributed by atoms with Crippen LogP contribution in [0.4, 0.5) is 5.95 Å². The molecule has 5 nitrogen and oxygen atoms in total. The minimum absolute atomic E-state index is 0.602. The molecule has 2 unspecified atom stereocenters. The Hall–Kier alpha value is -1.13. The van der Waals surface area contributed by atoms with Gasteiger partial charge in [0.1, 0.15) is 0 Å². The van der Waals surface area contributed by atoms with Crippen molar-refractivity contribution < 1.29 is 0 Å². The zero-order valence-electron chi connectivity index (χ0n) is 8.06. The van der Waals surface area contributed by atoms with E-state index in [0.29, 0.717) is 6.04 Å². The fourth-order valence-corrected chi connectivity index (χ4v) is 1.63. The molecular weight excluding hydrogens is 166 g/mol. The second-order valence-electron chi connectivity index (χ2n) is 3.66. The molecule has 1 N–H and O–H groups in total. The topological polar surface area (TPSA) is 55.6 Å². The van der Waals surface area contributed by atoms with Gasteiger partial charge in [-0.2, -0.15) is 0 Å². The summed E-state index contributed by atoms with van der Waals surface area (Å²) in [6.45, 7) is 2.22. The summed E-state index contributed by atoms with van der Waals surface area (Å²) in [5.74, 6) is 1.62. The number of nitrogens with zero attached hydrogens (tertiary/aromatic N) is 4. The van der Waals surface area contributed by atoms with Gasteiger partial charge in [0.15, 0.2) is 0 Å². The van der Waals surface area contributed by atoms with E-state index >= 15 is 0 Å². The SMILES string of the molecule is CCCC1CC1Nc1nnnn1C. The highest BCUT2D eigenvalue weighted by Gasteiger charge is 2.36. The van der Waals surface area contributed by atoms with Crippen molar-refractivity contribution in [2.75, 3.05) is 5.32 Å². The predicted molar refractivity (Wildman–Crippen MR) is 49.2 cm³/mol. The van der Waals surface area contributed by atoms with Crippen LogP contribution >= 0.6 is 0 Å². The first-order chi connectivity index (χ1) is 6.31. The van der Waals surface area contributed by atoms with E-state index in [1.807, 2.05) is 7.05 Å². The molecule has 1 aromatic rings. The van der Waals surface area contributed by atoms with Crippen molar-refractivity contribution in [1.29, 1.82) is 0 Å². The van der Waals surface area contributed by atoms with Gasteiger partial charge in [0.25, 0.3) is 0 Å². The maximum Gasteiger partial charge on any atom is 0.242 e. The van der Waals surface area contributed by atoms with Crippen molar-refractivity contribution in [2.24, 2.45) is 13.0 Å². The average Bonchev–Trinajstić information content (AvgIpc) is 2.69. The Labute approximate surface area is 77.5 Å². The molecule has 1 heterocycles. The Kier molecular flexibility index (Phi) is 2.16. The third-order valence-corrected chi connectivity index (χ3v) is 2.52. The van der Waals surface area contributed by atoms with Gasteiger partial charge in [-0.15, -0.1) is 0 Å². The summed E-state index contributed by atoms with van der Waals surface area (Å²) in [5, 5.41) is 14.5. The largest absolute Gasteiger partial charge is 0.350 e. The number of tetrazole rings is 1. The lowest BCUT2D eigenvalue weighted by molar-refractivity contribution is 0.683. The summed E-state index contributed by atoms with van der Waals surface area (Å²) in [4.78, 5) is 0. The quantitative estimate of drug-likeness (QED) is 0.746. The highest BCUT2D eigenvalue weighted by Crippen LogP contribution is 2.36. The highest BCUT2D eigenvalue weighted by molar-refractivity contribution is 5.27. The number of rotatable bonds is 4. The molecule has 0 saturated heterocycles. The molecule has 1 fully saturated rings. The number of nitrogens with one attached hydrogen (secondary N) is 1. The van der Waals surface area contributed by atoms with Crippen molar-refractivity contribution in [3.63, 3.8) is 0 Å². The summed E-state index contributed by atoms with van der Waals surface area (Å²) in [6.07, 6.45) is 3.84. The Morgan fingerprint density at radius 2 is 2.46 bits per heavy atom. The second-order valence-corrected chi connectivity index (χ2v) is 3.66. The molecule has 13 heavy (non-hydrogen) atoms. The average molecular weight is 181 g/mol. The summed E-state index contributed by atoms with van der Waals surface area (Å²) in [6, 6.07) is 0.602. The fourth-order valence-electron chi connectivity index (χ4n) is 1.63. The third-order valence-electron chi connectivity index (χ3n) is 2.52. The van der Waals surface area contributed by atoms with Crippen LogP contribution in [-0.4, -0.2) is 26.2 Å². The maximum atomic E-state index is 3.88. The van der Waals surface area contributed by atoms with Crippen LogP contribution in [0.2, 0.25) is 0 Å². The maximum absolute atomic E-state index is 3.88. The number of anilines is 1. The van der Waals surface area contributed by atoms with E-state index in [9.17, 15) is 0 Å². The van der Waals surface area contributed by atoms with Crippen LogP contribution in [-0.2, 0) is 7.05 Å². The Balaban J connectivity index is 1.84. The summed E-state index contributed by atoms with van der Waals surface area (Å²) < 4.78 is 1.67. The number of aromatic nitrogens is 4. The lowest BCUT2D eigenvalue weighted by Crippen LogP contribution is -2.09. The molecule has 0 aliphatic heterocycles. The highest BCUT2D eigenvalue weighted by atomic mass is 15.6. The molecule has 1 saturated carbocycles. The fraction of sp³-hybridized carbons (Fsp3) is 0.875. The van der Waals surface area contributed by atoms with Crippen molar-refractivity contribution in [1.82, 2.24) is 20.2 Å². The number of aryl methyl sites for hydroxylation is 1. The molecule has 1 aliphatic carbocycles. The van der Waals surface area contributed by atoms with Crippen LogP contribution in [0.1, 0.15) is 26.2 Å². The minimum Gasteiger partial charge on any atom is -0.350 e. The zero-order valence-corrected chi connectivity index (χ0v) is 8.06. The van der Waals surface area contributed by atoms with Gasteiger partial charge in [0.2, 0.25) is 5.95 Å². The van der Waals surface area contributed by atoms with Gasteiger partial charge in [-0.3, -0.25) is 0 Å². The normalized spacial score (nSPS) is 26.0. The Morgan fingerprint density at radius 3 is 3.08 bits per heavy atom. The van der Waals surface area contributed by atoms with E-state index in [1.54, 1.807) is 4.68 Å². The first kappa shape index (κ1) is 8.47. The van der Waals surface area contributed by atoms with E-state index in [2.05, 4.69) is 27.8 Å². The van der Waals surface area contributed by atoms with Crippen molar-refractivity contribution >= 4 is 5.95 Å². The van der Waals surface area contributed by atoms with E-state index in [-0.39, 0.29) is 0 Å².